The number of hydrogen-bond acceptors (Lipinski definition) is 1. The molecule has 1 aromatic rings. The van der Waals surface area contributed by atoms with Crippen LogP contribution in [0.15, 0.2) is 16.6 Å². The lowest BCUT2D eigenvalue weighted by Crippen LogP contribution is -2.41. The third-order valence-corrected chi connectivity index (χ3v) is 2.44. The standard InChI is InChI=1S/C9H4BrF6NO/c10-3-1-5(12)6(2-4(3)11)17-8(18)9(15,16)7(13)14/h1-2,7H,(H,17,18). The van der Waals surface area contributed by atoms with Gasteiger partial charge in [0.25, 0.3) is 0 Å². The van der Waals surface area contributed by atoms with E-state index in [1.807, 2.05) is 0 Å². The fourth-order valence-electron chi connectivity index (χ4n) is 0.923. The van der Waals surface area contributed by atoms with Gasteiger partial charge in [0.15, 0.2) is 0 Å². The second kappa shape index (κ2) is 5.17. The van der Waals surface area contributed by atoms with Gasteiger partial charge >= 0.3 is 18.3 Å². The summed E-state index contributed by atoms with van der Waals surface area (Å²) in [5.74, 6) is -9.71. The molecular weight excluding hydrogens is 332 g/mol. The monoisotopic (exact) mass is 335 g/mol. The van der Waals surface area contributed by atoms with Crippen LogP contribution in [0.5, 0.6) is 0 Å². The number of carbonyl (C=O) groups is 1. The van der Waals surface area contributed by atoms with E-state index in [0.29, 0.717) is 12.1 Å². The summed E-state index contributed by atoms with van der Waals surface area (Å²) < 4.78 is 74.5. The van der Waals surface area contributed by atoms with Crippen LogP contribution >= 0.6 is 15.9 Å². The van der Waals surface area contributed by atoms with E-state index in [1.54, 1.807) is 0 Å². The Morgan fingerprint density at radius 3 is 2.28 bits per heavy atom. The highest BCUT2D eigenvalue weighted by molar-refractivity contribution is 9.10. The minimum atomic E-state index is -4.99. The fraction of sp³-hybridized carbons (Fsp3) is 0.222. The maximum atomic E-state index is 13.1. The molecule has 0 saturated carbocycles. The van der Waals surface area contributed by atoms with Gasteiger partial charge in [-0.2, -0.15) is 8.78 Å². The zero-order valence-electron chi connectivity index (χ0n) is 8.29. The Bertz CT molecular complexity index is 478. The highest BCUT2D eigenvalue weighted by Crippen LogP contribution is 2.27. The third kappa shape index (κ3) is 2.95. The molecule has 0 heterocycles. The molecule has 0 aliphatic carbocycles. The Morgan fingerprint density at radius 1 is 1.22 bits per heavy atom. The molecule has 0 aromatic heterocycles. The fourth-order valence-corrected chi connectivity index (χ4v) is 1.24. The average Bonchev–Trinajstić information content (AvgIpc) is 2.25. The highest BCUT2D eigenvalue weighted by atomic mass is 79.9. The van der Waals surface area contributed by atoms with Gasteiger partial charge in [-0.05, 0) is 22.0 Å². The zero-order valence-corrected chi connectivity index (χ0v) is 9.87. The summed E-state index contributed by atoms with van der Waals surface area (Å²) in [7, 11) is 0. The quantitative estimate of drug-likeness (QED) is 0.664. The molecule has 2 nitrogen and oxygen atoms in total. The van der Waals surface area contributed by atoms with E-state index in [1.165, 1.54) is 5.32 Å². The van der Waals surface area contributed by atoms with E-state index in [9.17, 15) is 31.1 Å². The number of nitrogens with one attached hydrogen (secondary N) is 1. The van der Waals surface area contributed by atoms with Gasteiger partial charge in [-0.3, -0.25) is 4.79 Å². The number of alkyl halides is 4. The number of carbonyl (C=O) groups excluding carboxylic acids is 1. The number of anilines is 1. The molecule has 0 bridgehead atoms. The van der Waals surface area contributed by atoms with Crippen LogP contribution in [0.1, 0.15) is 0 Å². The van der Waals surface area contributed by atoms with Crippen molar-refractivity contribution in [2.45, 2.75) is 12.3 Å². The minimum absolute atomic E-state index is 0.307. The maximum absolute atomic E-state index is 13.1. The van der Waals surface area contributed by atoms with Crippen LogP contribution in [0.25, 0.3) is 0 Å². The Labute approximate surface area is 105 Å². The number of benzene rings is 1. The van der Waals surface area contributed by atoms with E-state index in [4.69, 9.17) is 0 Å². The molecular formula is C9H4BrF6NO. The molecule has 0 spiro atoms. The van der Waals surface area contributed by atoms with Crippen LogP contribution < -0.4 is 5.32 Å². The Balaban J connectivity index is 2.99. The molecule has 9 heteroatoms. The summed E-state index contributed by atoms with van der Waals surface area (Å²) in [6, 6.07) is 0.949. The third-order valence-electron chi connectivity index (χ3n) is 1.83. The van der Waals surface area contributed by atoms with Gasteiger partial charge in [-0.25, -0.2) is 17.6 Å². The first kappa shape index (κ1) is 14.8. The van der Waals surface area contributed by atoms with E-state index >= 15 is 0 Å². The molecule has 0 radical (unpaired) electrons. The minimum Gasteiger partial charge on any atom is -0.318 e. The summed E-state index contributed by atoms with van der Waals surface area (Å²) in [5, 5.41) is 1.20. The van der Waals surface area contributed by atoms with Gasteiger partial charge in [-0.1, -0.05) is 0 Å². The lowest BCUT2D eigenvalue weighted by atomic mass is 10.2. The van der Waals surface area contributed by atoms with Gasteiger partial charge in [-0.15, -0.1) is 0 Å². The number of amides is 1. The van der Waals surface area contributed by atoms with E-state index in [2.05, 4.69) is 15.9 Å². The average molecular weight is 336 g/mol. The number of halogens is 7. The Kier molecular flexibility index (Phi) is 4.25. The molecule has 1 aromatic carbocycles. The Morgan fingerprint density at radius 2 is 1.78 bits per heavy atom. The van der Waals surface area contributed by atoms with Crippen LogP contribution in [0.3, 0.4) is 0 Å². The van der Waals surface area contributed by atoms with Crippen molar-refractivity contribution in [3.05, 3.63) is 28.2 Å². The Hall–Kier alpha value is -1.25. The van der Waals surface area contributed by atoms with Crippen LogP contribution in [-0.2, 0) is 4.79 Å². The van der Waals surface area contributed by atoms with E-state index < -0.39 is 35.6 Å². The van der Waals surface area contributed by atoms with Crippen LogP contribution in [0.4, 0.5) is 32.0 Å². The molecule has 1 amide bonds. The first-order valence-corrected chi connectivity index (χ1v) is 5.07. The van der Waals surface area contributed by atoms with Gasteiger partial charge < -0.3 is 5.32 Å². The van der Waals surface area contributed by atoms with Crippen molar-refractivity contribution >= 4 is 27.5 Å². The van der Waals surface area contributed by atoms with Crippen molar-refractivity contribution in [3.63, 3.8) is 0 Å². The molecule has 0 fully saturated rings. The molecule has 1 N–H and O–H groups in total. The molecule has 18 heavy (non-hydrogen) atoms. The van der Waals surface area contributed by atoms with Crippen molar-refractivity contribution in [1.29, 1.82) is 0 Å². The summed E-state index contributed by atoms with van der Waals surface area (Å²) in [6.07, 6.45) is -4.25. The summed E-state index contributed by atoms with van der Waals surface area (Å²) in [5.41, 5.74) is -0.957. The first-order chi connectivity index (χ1) is 8.16. The number of rotatable bonds is 3. The van der Waals surface area contributed by atoms with E-state index in [0.717, 1.165) is 0 Å². The lowest BCUT2D eigenvalue weighted by Gasteiger charge is -2.15. The van der Waals surface area contributed by atoms with Crippen molar-refractivity contribution in [2.75, 3.05) is 5.32 Å². The van der Waals surface area contributed by atoms with Crippen molar-refractivity contribution < 1.29 is 31.1 Å². The highest BCUT2D eigenvalue weighted by Gasteiger charge is 2.49. The van der Waals surface area contributed by atoms with Crippen LogP contribution in [0.2, 0.25) is 0 Å². The van der Waals surface area contributed by atoms with Gasteiger partial charge in [0.05, 0.1) is 10.2 Å². The van der Waals surface area contributed by atoms with Gasteiger partial charge in [0.2, 0.25) is 0 Å². The molecule has 0 aliphatic heterocycles. The van der Waals surface area contributed by atoms with Crippen LogP contribution in [-0.4, -0.2) is 18.3 Å². The second-order valence-corrected chi connectivity index (χ2v) is 3.98. The molecule has 100 valence electrons. The molecule has 0 atom stereocenters. The second-order valence-electron chi connectivity index (χ2n) is 3.12. The first-order valence-electron chi connectivity index (χ1n) is 4.28. The molecule has 0 aliphatic rings. The van der Waals surface area contributed by atoms with E-state index in [-0.39, 0.29) is 4.47 Å². The van der Waals surface area contributed by atoms with Crippen molar-refractivity contribution in [1.82, 2.24) is 0 Å². The van der Waals surface area contributed by atoms with Gasteiger partial charge in [0, 0.05) is 6.07 Å². The maximum Gasteiger partial charge on any atom is 0.383 e. The summed E-state index contributed by atoms with van der Waals surface area (Å²) in [6.45, 7) is 0. The summed E-state index contributed by atoms with van der Waals surface area (Å²) in [4.78, 5) is 10.8. The van der Waals surface area contributed by atoms with Gasteiger partial charge in [0.1, 0.15) is 11.6 Å². The molecule has 1 rings (SSSR count). The predicted octanol–water partition coefficient (Wildman–Crippen LogP) is 3.57. The zero-order chi connectivity index (χ0) is 14.1. The SMILES string of the molecule is O=C(Nc1cc(F)c(Br)cc1F)C(F)(F)C(F)F. The molecule has 0 unspecified atom stereocenters. The summed E-state index contributed by atoms with van der Waals surface area (Å²) >= 11 is 2.61. The normalized spacial score (nSPS) is 11.8. The largest absolute Gasteiger partial charge is 0.383 e. The van der Waals surface area contributed by atoms with Crippen molar-refractivity contribution in [2.24, 2.45) is 0 Å². The van der Waals surface area contributed by atoms with Crippen molar-refractivity contribution in [3.8, 4) is 0 Å². The predicted molar refractivity (Wildman–Crippen MR) is 53.6 cm³/mol. The smallest absolute Gasteiger partial charge is 0.318 e. The topological polar surface area (TPSA) is 29.1 Å². The molecule has 0 saturated heterocycles. The lowest BCUT2D eigenvalue weighted by molar-refractivity contribution is -0.163. The van der Waals surface area contributed by atoms with Crippen LogP contribution in [0, 0.1) is 11.6 Å². The number of hydrogen-bond donors (Lipinski definition) is 1.